The smallest absolute Gasteiger partial charge is 0.238 e. The topological polar surface area (TPSA) is 119 Å². The number of methoxy groups -OCH3 is 1. The number of para-hydroxylation sites is 1. The van der Waals surface area contributed by atoms with Crippen molar-refractivity contribution in [3.63, 3.8) is 0 Å². The molecule has 4 aromatic carbocycles. The number of phenolic OH excluding ortho intramolecular Hbond substituents is 1. The van der Waals surface area contributed by atoms with E-state index >= 15 is 0 Å². The van der Waals surface area contributed by atoms with Crippen LogP contribution in [-0.4, -0.2) is 53.6 Å². The summed E-state index contributed by atoms with van der Waals surface area (Å²) in [6.07, 6.45) is 1.88. The monoisotopic (exact) mass is 722 g/mol. The molecule has 2 aliphatic rings. The standard InChI is InChI=1S/C40H39BrN2O6/c1-49-24-28-22-33-38(40(48)43(39(33)47)32-16-14-31(15-17-32)42-30-10-6-3-7-11-30)34(23-44)37(28)36(46)18-12-26(25-8-4-2-5-9-25)20-27-21-29(41)13-19-35(27)45/h2-11,13-17,19-21,33-34,36,38,42,44-46H,12,18,22-24H2,1H3/b26-20-/t33-,34+,36-,38-/m1/s1. The van der Waals surface area contributed by atoms with Gasteiger partial charge in [-0.3, -0.25) is 14.5 Å². The van der Waals surface area contributed by atoms with Gasteiger partial charge in [-0.05, 0) is 102 Å². The molecule has 9 heteroatoms. The molecule has 1 aliphatic carbocycles. The highest BCUT2D eigenvalue weighted by atomic mass is 79.9. The first-order valence-corrected chi connectivity index (χ1v) is 17.1. The van der Waals surface area contributed by atoms with E-state index in [-0.39, 0.29) is 37.0 Å². The van der Waals surface area contributed by atoms with Crippen LogP contribution in [0.5, 0.6) is 5.75 Å². The van der Waals surface area contributed by atoms with E-state index in [1.807, 2.05) is 84.9 Å². The molecule has 2 amide bonds. The van der Waals surface area contributed by atoms with E-state index < -0.39 is 30.5 Å². The van der Waals surface area contributed by atoms with Gasteiger partial charge in [0.1, 0.15) is 5.75 Å². The fraction of sp³-hybridized carbons (Fsp3) is 0.250. The van der Waals surface area contributed by atoms with Crippen molar-refractivity contribution in [1.29, 1.82) is 0 Å². The first kappa shape index (κ1) is 34.3. The molecule has 0 saturated carbocycles. The quantitative estimate of drug-likeness (QED) is 0.0687. The minimum Gasteiger partial charge on any atom is -0.507 e. The summed E-state index contributed by atoms with van der Waals surface area (Å²) in [6, 6.07) is 31.8. The average molecular weight is 724 g/mol. The van der Waals surface area contributed by atoms with Crippen molar-refractivity contribution in [2.24, 2.45) is 17.8 Å². The Morgan fingerprint density at radius 1 is 0.959 bits per heavy atom. The van der Waals surface area contributed by atoms with E-state index in [9.17, 15) is 24.9 Å². The van der Waals surface area contributed by atoms with E-state index in [2.05, 4.69) is 21.2 Å². The van der Waals surface area contributed by atoms with E-state index in [4.69, 9.17) is 4.74 Å². The van der Waals surface area contributed by atoms with Gasteiger partial charge in [-0.1, -0.05) is 64.5 Å². The van der Waals surface area contributed by atoms with Gasteiger partial charge in [0.25, 0.3) is 0 Å². The molecule has 252 valence electrons. The second kappa shape index (κ2) is 15.3. The Labute approximate surface area is 294 Å². The number of aliphatic hydroxyl groups excluding tert-OH is 2. The third-order valence-corrected chi connectivity index (χ3v) is 9.89. The van der Waals surface area contributed by atoms with Gasteiger partial charge < -0.3 is 25.4 Å². The van der Waals surface area contributed by atoms with Crippen LogP contribution in [0.3, 0.4) is 0 Å². The molecule has 1 heterocycles. The molecule has 6 rings (SSSR count). The zero-order valence-corrected chi connectivity index (χ0v) is 28.7. The van der Waals surface area contributed by atoms with Gasteiger partial charge in [0.05, 0.1) is 36.8 Å². The summed E-state index contributed by atoms with van der Waals surface area (Å²) >= 11 is 3.48. The lowest BCUT2D eigenvalue weighted by Crippen LogP contribution is -2.39. The number of carbonyl (C=O) groups is 2. The van der Waals surface area contributed by atoms with Crippen LogP contribution < -0.4 is 10.2 Å². The number of nitrogens with one attached hydrogen (secondary N) is 1. The van der Waals surface area contributed by atoms with Crippen LogP contribution in [0, 0.1) is 17.8 Å². The summed E-state index contributed by atoms with van der Waals surface area (Å²) < 4.78 is 6.35. The van der Waals surface area contributed by atoms with Gasteiger partial charge in [-0.25, -0.2) is 0 Å². The number of benzene rings is 4. The molecule has 4 N–H and O–H groups in total. The summed E-state index contributed by atoms with van der Waals surface area (Å²) in [6.45, 7) is -0.235. The number of ether oxygens (including phenoxy) is 1. The van der Waals surface area contributed by atoms with Crippen LogP contribution in [0.2, 0.25) is 0 Å². The fourth-order valence-corrected chi connectivity index (χ4v) is 7.51. The van der Waals surface area contributed by atoms with Gasteiger partial charge in [-0.2, -0.15) is 0 Å². The Kier molecular flexibility index (Phi) is 10.7. The van der Waals surface area contributed by atoms with Crippen molar-refractivity contribution >= 4 is 56.5 Å². The number of aromatic hydroxyl groups is 1. The molecule has 0 bridgehead atoms. The minimum atomic E-state index is -1.01. The largest absolute Gasteiger partial charge is 0.507 e. The van der Waals surface area contributed by atoms with Crippen molar-refractivity contribution in [2.75, 3.05) is 30.5 Å². The summed E-state index contributed by atoms with van der Waals surface area (Å²) in [7, 11) is 1.55. The highest BCUT2D eigenvalue weighted by molar-refractivity contribution is 9.10. The number of carbonyl (C=O) groups excluding carboxylic acids is 2. The van der Waals surface area contributed by atoms with E-state index in [1.54, 1.807) is 31.4 Å². The van der Waals surface area contributed by atoms with Crippen LogP contribution >= 0.6 is 15.9 Å². The van der Waals surface area contributed by atoms with Crippen LogP contribution in [-0.2, 0) is 14.3 Å². The Balaban J connectivity index is 1.25. The third-order valence-electron chi connectivity index (χ3n) is 9.40. The van der Waals surface area contributed by atoms with Crippen molar-refractivity contribution in [2.45, 2.75) is 25.4 Å². The third kappa shape index (κ3) is 7.40. The van der Waals surface area contributed by atoms with E-state index in [0.29, 0.717) is 23.2 Å². The normalized spacial score (nSPS) is 20.0. The second-order valence-corrected chi connectivity index (χ2v) is 13.4. The SMILES string of the molecule is COCC1=C([C@H](O)CC/C(=C/c2cc(Br)ccc2O)c2ccccc2)[C@H](CO)[C@@H]2C(=O)N(c3ccc(Nc4ccccc4)cc3)C(=O)[C@@H]2C1. The van der Waals surface area contributed by atoms with Gasteiger partial charge in [0.2, 0.25) is 11.8 Å². The molecule has 1 fully saturated rings. The maximum Gasteiger partial charge on any atom is 0.238 e. The van der Waals surface area contributed by atoms with E-state index in [0.717, 1.165) is 32.6 Å². The molecule has 1 saturated heterocycles. The summed E-state index contributed by atoms with van der Waals surface area (Å²) in [5, 5.41) is 36.4. The van der Waals surface area contributed by atoms with Crippen molar-refractivity contribution in [3.05, 3.63) is 130 Å². The predicted octanol–water partition coefficient (Wildman–Crippen LogP) is 7.34. The lowest BCUT2D eigenvalue weighted by molar-refractivity contribution is -0.123. The van der Waals surface area contributed by atoms with Crippen molar-refractivity contribution in [3.8, 4) is 5.75 Å². The maximum absolute atomic E-state index is 14.0. The van der Waals surface area contributed by atoms with Crippen LogP contribution in [0.1, 0.15) is 30.4 Å². The Morgan fingerprint density at radius 2 is 1.63 bits per heavy atom. The number of hydrogen-bond acceptors (Lipinski definition) is 7. The zero-order valence-electron chi connectivity index (χ0n) is 27.1. The fourth-order valence-electron chi connectivity index (χ4n) is 7.13. The number of anilines is 3. The lowest BCUT2D eigenvalue weighted by Gasteiger charge is -2.36. The maximum atomic E-state index is 14.0. The highest BCUT2D eigenvalue weighted by Gasteiger charge is 2.55. The first-order valence-electron chi connectivity index (χ1n) is 16.3. The van der Waals surface area contributed by atoms with Crippen molar-refractivity contribution in [1.82, 2.24) is 0 Å². The number of halogens is 1. The number of hydrogen-bond donors (Lipinski definition) is 4. The molecule has 8 nitrogen and oxygen atoms in total. The van der Waals surface area contributed by atoms with Gasteiger partial charge in [0.15, 0.2) is 0 Å². The number of nitrogens with zero attached hydrogens (tertiary/aromatic N) is 1. The Hall–Kier alpha value is -4.54. The molecule has 0 radical (unpaired) electrons. The Bertz CT molecular complexity index is 1860. The molecular formula is C40H39BrN2O6. The molecule has 1 aliphatic heterocycles. The highest BCUT2D eigenvalue weighted by Crippen LogP contribution is 2.47. The minimum absolute atomic E-state index is 0.136. The molecule has 49 heavy (non-hydrogen) atoms. The first-order chi connectivity index (χ1) is 23.8. The number of imide groups is 1. The Morgan fingerprint density at radius 3 is 2.31 bits per heavy atom. The molecular weight excluding hydrogens is 684 g/mol. The van der Waals surface area contributed by atoms with Crippen LogP contribution in [0.25, 0.3) is 11.6 Å². The van der Waals surface area contributed by atoms with Gasteiger partial charge in [0, 0.05) is 34.4 Å². The molecule has 0 spiro atoms. The average Bonchev–Trinajstić information content (AvgIpc) is 3.37. The number of phenols is 1. The molecule has 0 aromatic heterocycles. The van der Waals surface area contributed by atoms with Crippen LogP contribution in [0.4, 0.5) is 17.1 Å². The van der Waals surface area contributed by atoms with E-state index in [1.165, 1.54) is 4.90 Å². The second-order valence-electron chi connectivity index (χ2n) is 12.5. The number of fused-ring (bicyclic) bond motifs is 1. The lowest BCUT2D eigenvalue weighted by atomic mass is 9.68. The molecule has 4 atom stereocenters. The molecule has 4 aromatic rings. The van der Waals surface area contributed by atoms with Gasteiger partial charge >= 0.3 is 0 Å². The predicted molar refractivity (Wildman–Crippen MR) is 195 cm³/mol. The van der Waals surface area contributed by atoms with Crippen molar-refractivity contribution < 1.29 is 29.6 Å². The summed E-state index contributed by atoms with van der Waals surface area (Å²) in [5.74, 6) is -2.80. The number of rotatable bonds is 12. The number of aliphatic hydroxyl groups is 2. The molecule has 0 unspecified atom stereocenters. The van der Waals surface area contributed by atoms with Gasteiger partial charge in [-0.15, -0.1) is 0 Å². The van der Waals surface area contributed by atoms with Crippen LogP contribution in [0.15, 0.2) is 119 Å². The zero-order chi connectivity index (χ0) is 34.5. The summed E-state index contributed by atoms with van der Waals surface area (Å²) in [5.41, 5.74) is 5.97. The summed E-state index contributed by atoms with van der Waals surface area (Å²) in [4.78, 5) is 29.1. The number of amides is 2. The number of allylic oxidation sites excluding steroid dienone is 1.